The third-order valence-corrected chi connectivity index (χ3v) is 9.59. The summed E-state index contributed by atoms with van der Waals surface area (Å²) in [5.41, 5.74) is 2.02. The number of carbonyl (C=O) groups is 2. The number of nitrogens with one attached hydrogen (secondary N) is 1. The molecule has 230 valence electrons. The molecular formula is C33H42N4O5S. The number of methoxy groups -OCH3 is 1. The van der Waals surface area contributed by atoms with Crippen LogP contribution in [0, 0.1) is 0 Å². The number of rotatable bonds is 13. The van der Waals surface area contributed by atoms with Crippen LogP contribution in [0.1, 0.15) is 43.2 Å². The number of nitrogens with zero attached hydrogens (tertiary/aromatic N) is 3. The number of anilines is 1. The Morgan fingerprint density at radius 2 is 1.51 bits per heavy atom. The number of ether oxygens (including phenoxy) is 1. The first-order valence-corrected chi connectivity index (χ1v) is 16.1. The summed E-state index contributed by atoms with van der Waals surface area (Å²) in [5, 5.41) is 3.22. The van der Waals surface area contributed by atoms with E-state index in [0.29, 0.717) is 11.4 Å². The number of para-hydroxylation sites is 1. The SMILES string of the molecule is COc1cccc(CN(C(=O)CN(c2ccccc2)S(=O)(=O)N(C)C)[C@@H](Cc2ccccc2)C(=O)NC2CCCCC2)c1. The first-order valence-electron chi connectivity index (χ1n) is 14.7. The van der Waals surface area contributed by atoms with E-state index in [1.165, 1.54) is 19.0 Å². The summed E-state index contributed by atoms with van der Waals surface area (Å²) in [6.45, 7) is -0.382. The molecule has 10 heteroatoms. The second-order valence-corrected chi connectivity index (χ2v) is 13.1. The Balaban J connectivity index is 1.75. The van der Waals surface area contributed by atoms with Gasteiger partial charge in [-0.25, -0.2) is 4.31 Å². The second-order valence-electron chi connectivity index (χ2n) is 11.1. The van der Waals surface area contributed by atoms with E-state index in [0.717, 1.165) is 51.8 Å². The fraction of sp³-hybridized carbons (Fsp3) is 0.394. The minimum Gasteiger partial charge on any atom is -0.497 e. The van der Waals surface area contributed by atoms with Gasteiger partial charge in [-0.1, -0.05) is 79.9 Å². The van der Waals surface area contributed by atoms with Gasteiger partial charge in [0.05, 0.1) is 12.8 Å². The molecule has 2 amide bonds. The molecular weight excluding hydrogens is 564 g/mol. The minimum absolute atomic E-state index is 0.0447. The lowest BCUT2D eigenvalue weighted by Gasteiger charge is -2.35. The number of amides is 2. The third kappa shape index (κ3) is 8.58. The van der Waals surface area contributed by atoms with Crippen molar-refractivity contribution in [3.05, 3.63) is 96.1 Å². The molecule has 0 radical (unpaired) electrons. The van der Waals surface area contributed by atoms with E-state index < -0.39 is 28.7 Å². The Morgan fingerprint density at radius 1 is 0.884 bits per heavy atom. The highest BCUT2D eigenvalue weighted by atomic mass is 32.2. The lowest BCUT2D eigenvalue weighted by atomic mass is 9.94. The van der Waals surface area contributed by atoms with Gasteiger partial charge in [-0.15, -0.1) is 0 Å². The molecule has 4 rings (SSSR count). The molecule has 1 aliphatic carbocycles. The zero-order valence-electron chi connectivity index (χ0n) is 25.2. The Morgan fingerprint density at radius 3 is 2.14 bits per heavy atom. The zero-order chi connectivity index (χ0) is 30.8. The molecule has 0 unspecified atom stereocenters. The van der Waals surface area contributed by atoms with Crippen molar-refractivity contribution in [3.8, 4) is 5.75 Å². The van der Waals surface area contributed by atoms with E-state index in [1.807, 2.05) is 54.6 Å². The van der Waals surface area contributed by atoms with Gasteiger partial charge >= 0.3 is 10.2 Å². The van der Waals surface area contributed by atoms with Gasteiger partial charge in [-0.3, -0.25) is 9.59 Å². The van der Waals surface area contributed by atoms with Crippen LogP contribution in [-0.2, 0) is 32.8 Å². The highest BCUT2D eigenvalue weighted by Crippen LogP contribution is 2.23. The summed E-state index contributed by atoms with van der Waals surface area (Å²) >= 11 is 0. The van der Waals surface area contributed by atoms with Gasteiger partial charge in [0.15, 0.2) is 0 Å². The highest BCUT2D eigenvalue weighted by molar-refractivity contribution is 7.90. The zero-order valence-corrected chi connectivity index (χ0v) is 26.0. The standard InChI is InChI=1S/C33H42N4O5S/c1-35(2)43(40,41)37(29-19-11-6-12-20-29)25-32(38)36(24-27-16-13-21-30(22-27)42-3)31(23-26-14-7-4-8-15-26)33(39)34-28-17-9-5-10-18-28/h4,6-8,11-16,19-22,28,31H,5,9-10,17-18,23-25H2,1-3H3,(H,34,39)/t31-/m0/s1. The Hall–Kier alpha value is -3.89. The van der Waals surface area contributed by atoms with Crippen molar-refractivity contribution in [2.75, 3.05) is 32.1 Å². The molecule has 0 aliphatic heterocycles. The van der Waals surface area contributed by atoms with Crippen LogP contribution < -0.4 is 14.4 Å². The molecule has 0 heterocycles. The van der Waals surface area contributed by atoms with Crippen LogP contribution in [0.4, 0.5) is 5.69 Å². The molecule has 0 saturated heterocycles. The largest absolute Gasteiger partial charge is 0.497 e. The van der Waals surface area contributed by atoms with Gasteiger partial charge in [0.2, 0.25) is 11.8 Å². The average molecular weight is 607 g/mol. The van der Waals surface area contributed by atoms with Gasteiger partial charge in [-0.2, -0.15) is 12.7 Å². The molecule has 9 nitrogen and oxygen atoms in total. The molecule has 1 N–H and O–H groups in total. The Labute approximate surface area is 255 Å². The molecule has 1 fully saturated rings. The molecule has 1 aliphatic rings. The predicted molar refractivity (Wildman–Crippen MR) is 169 cm³/mol. The van der Waals surface area contributed by atoms with Crippen molar-refractivity contribution < 1.29 is 22.7 Å². The van der Waals surface area contributed by atoms with Crippen molar-refractivity contribution in [3.63, 3.8) is 0 Å². The van der Waals surface area contributed by atoms with Gasteiger partial charge in [0.25, 0.3) is 0 Å². The Bertz CT molecular complexity index is 1440. The van der Waals surface area contributed by atoms with E-state index in [1.54, 1.807) is 37.4 Å². The van der Waals surface area contributed by atoms with Gasteiger partial charge in [0, 0.05) is 33.1 Å². The van der Waals surface area contributed by atoms with Crippen LogP contribution in [-0.4, -0.2) is 69.3 Å². The summed E-state index contributed by atoms with van der Waals surface area (Å²) < 4.78 is 34.5. The van der Waals surface area contributed by atoms with Crippen LogP contribution in [0.3, 0.4) is 0 Å². The normalized spacial score (nSPS) is 14.6. The van der Waals surface area contributed by atoms with Crippen molar-refractivity contribution >= 4 is 27.7 Å². The van der Waals surface area contributed by atoms with Crippen LogP contribution in [0.5, 0.6) is 5.75 Å². The molecule has 43 heavy (non-hydrogen) atoms. The van der Waals surface area contributed by atoms with Crippen LogP contribution >= 0.6 is 0 Å². The quantitative estimate of drug-likeness (QED) is 0.311. The fourth-order valence-corrected chi connectivity index (χ4v) is 6.43. The minimum atomic E-state index is -4.03. The van der Waals surface area contributed by atoms with E-state index in [2.05, 4.69) is 5.32 Å². The maximum atomic E-state index is 14.4. The highest BCUT2D eigenvalue weighted by Gasteiger charge is 2.35. The van der Waals surface area contributed by atoms with Crippen LogP contribution in [0.2, 0.25) is 0 Å². The van der Waals surface area contributed by atoms with Gasteiger partial charge in [-0.05, 0) is 48.2 Å². The van der Waals surface area contributed by atoms with E-state index in [9.17, 15) is 18.0 Å². The molecule has 0 spiro atoms. The van der Waals surface area contributed by atoms with Crippen LogP contribution in [0.15, 0.2) is 84.9 Å². The maximum absolute atomic E-state index is 14.4. The average Bonchev–Trinajstić information content (AvgIpc) is 3.02. The molecule has 1 saturated carbocycles. The molecule has 1 atom stereocenters. The molecule has 0 aromatic heterocycles. The lowest BCUT2D eigenvalue weighted by Crippen LogP contribution is -2.55. The second kappa shape index (κ2) is 15.0. The summed E-state index contributed by atoms with van der Waals surface area (Å²) in [6.07, 6.45) is 5.33. The summed E-state index contributed by atoms with van der Waals surface area (Å²) in [6, 6.07) is 24.6. The van der Waals surface area contributed by atoms with Crippen molar-refractivity contribution in [1.82, 2.24) is 14.5 Å². The summed E-state index contributed by atoms with van der Waals surface area (Å²) in [7, 11) is 0.398. The molecule has 0 bridgehead atoms. The third-order valence-electron chi connectivity index (χ3n) is 7.77. The smallest absolute Gasteiger partial charge is 0.304 e. The predicted octanol–water partition coefficient (Wildman–Crippen LogP) is 4.40. The van der Waals surface area contributed by atoms with E-state index >= 15 is 0 Å². The number of hydrogen-bond donors (Lipinski definition) is 1. The first kappa shape index (κ1) is 32.0. The monoisotopic (exact) mass is 606 g/mol. The van der Waals surface area contributed by atoms with Gasteiger partial charge in [0.1, 0.15) is 18.3 Å². The van der Waals surface area contributed by atoms with E-state index in [4.69, 9.17) is 4.74 Å². The number of carbonyl (C=O) groups excluding carboxylic acids is 2. The first-order chi connectivity index (χ1) is 20.7. The maximum Gasteiger partial charge on any atom is 0.304 e. The lowest BCUT2D eigenvalue weighted by molar-refractivity contribution is -0.140. The van der Waals surface area contributed by atoms with Crippen LogP contribution in [0.25, 0.3) is 0 Å². The van der Waals surface area contributed by atoms with E-state index in [-0.39, 0.29) is 24.9 Å². The summed E-state index contributed by atoms with van der Waals surface area (Å²) in [4.78, 5) is 30.0. The van der Waals surface area contributed by atoms with Crippen molar-refractivity contribution in [2.45, 2.75) is 57.2 Å². The van der Waals surface area contributed by atoms with Gasteiger partial charge < -0.3 is 15.0 Å². The van der Waals surface area contributed by atoms with Crippen molar-refractivity contribution in [1.29, 1.82) is 0 Å². The molecule has 3 aromatic carbocycles. The summed E-state index contributed by atoms with van der Waals surface area (Å²) in [5.74, 6) is -0.109. The Kier molecular flexibility index (Phi) is 11.2. The molecule has 3 aromatic rings. The number of benzene rings is 3. The fourth-order valence-electron chi connectivity index (χ4n) is 5.38. The number of hydrogen-bond acceptors (Lipinski definition) is 5. The van der Waals surface area contributed by atoms with Crippen molar-refractivity contribution in [2.24, 2.45) is 0 Å². The topological polar surface area (TPSA) is 99.3 Å².